The van der Waals surface area contributed by atoms with Gasteiger partial charge in [-0.25, -0.2) is 9.79 Å². The Kier molecular flexibility index (Phi) is 9.88. The van der Waals surface area contributed by atoms with Crippen molar-refractivity contribution in [3.63, 3.8) is 0 Å². The fraction of sp³-hybridized carbons (Fsp3) is 0.500. The third kappa shape index (κ3) is 11.1. The number of nitrogens with one attached hydrogen (secondary N) is 3. The topological polar surface area (TPSA) is 95.1 Å². The lowest BCUT2D eigenvalue weighted by molar-refractivity contribution is -0.127. The van der Waals surface area contributed by atoms with E-state index in [1.807, 2.05) is 52.0 Å². The number of carbonyl (C=O) groups excluding carboxylic acids is 2. The van der Waals surface area contributed by atoms with Crippen LogP contribution in [0.1, 0.15) is 33.3 Å². The molecule has 1 aromatic carbocycles. The van der Waals surface area contributed by atoms with Gasteiger partial charge in [0.1, 0.15) is 12.1 Å². The molecule has 166 valence electrons. The molecule has 1 rings (SSSR count). The van der Waals surface area contributed by atoms with Gasteiger partial charge in [0.25, 0.3) is 0 Å². The summed E-state index contributed by atoms with van der Waals surface area (Å²) in [5.41, 5.74) is 2.20. The van der Waals surface area contributed by atoms with E-state index in [2.05, 4.69) is 27.5 Å². The highest BCUT2D eigenvalue weighted by Gasteiger charge is 2.16. The average Bonchev–Trinajstić information content (AvgIpc) is 2.62. The van der Waals surface area contributed by atoms with Crippen LogP contribution < -0.4 is 16.0 Å². The molecule has 0 aliphatic heterocycles. The molecule has 2 amide bonds. The first-order chi connectivity index (χ1) is 14.0. The lowest BCUT2D eigenvalue weighted by Crippen LogP contribution is -2.40. The molecule has 0 atom stereocenters. The Balaban J connectivity index is 2.57. The van der Waals surface area contributed by atoms with E-state index >= 15 is 0 Å². The highest BCUT2D eigenvalue weighted by molar-refractivity contribution is 5.85. The summed E-state index contributed by atoms with van der Waals surface area (Å²) < 4.78 is 5.24. The van der Waals surface area contributed by atoms with Gasteiger partial charge in [-0.15, -0.1) is 0 Å². The van der Waals surface area contributed by atoms with E-state index in [0.29, 0.717) is 24.7 Å². The summed E-state index contributed by atoms with van der Waals surface area (Å²) in [4.78, 5) is 29.4. The maximum atomic E-state index is 11.8. The molecule has 0 bridgehead atoms. The zero-order valence-electron chi connectivity index (χ0n) is 19.0. The second kappa shape index (κ2) is 11.8. The van der Waals surface area contributed by atoms with E-state index in [1.165, 1.54) is 4.90 Å². The monoisotopic (exact) mass is 417 g/mol. The second-order valence-corrected chi connectivity index (χ2v) is 8.26. The van der Waals surface area contributed by atoms with E-state index < -0.39 is 11.7 Å². The van der Waals surface area contributed by atoms with Crippen molar-refractivity contribution in [1.29, 1.82) is 0 Å². The van der Waals surface area contributed by atoms with Crippen LogP contribution in [0.15, 0.2) is 41.4 Å². The summed E-state index contributed by atoms with van der Waals surface area (Å²) in [5.74, 6) is 0.496. The van der Waals surface area contributed by atoms with E-state index in [4.69, 9.17) is 4.74 Å². The summed E-state index contributed by atoms with van der Waals surface area (Å²) >= 11 is 0. The van der Waals surface area contributed by atoms with Gasteiger partial charge in [0.2, 0.25) is 5.91 Å². The molecule has 0 aliphatic rings. The van der Waals surface area contributed by atoms with Crippen LogP contribution in [0.2, 0.25) is 0 Å². The SMILES string of the molecule is C=C(C)CNC(=NCC(=O)N(C)C)NCCc1ccc(NC(=O)OC(C)(C)C)cc1. The predicted octanol–water partition coefficient (Wildman–Crippen LogP) is 2.78. The molecule has 0 unspecified atom stereocenters. The summed E-state index contributed by atoms with van der Waals surface area (Å²) in [6.45, 7) is 12.5. The van der Waals surface area contributed by atoms with Crippen LogP contribution in [0.4, 0.5) is 10.5 Å². The van der Waals surface area contributed by atoms with Gasteiger partial charge in [0.05, 0.1) is 0 Å². The van der Waals surface area contributed by atoms with Crippen LogP contribution in [0.5, 0.6) is 0 Å². The first-order valence-electron chi connectivity index (χ1n) is 9.92. The van der Waals surface area contributed by atoms with Gasteiger partial charge in [-0.3, -0.25) is 10.1 Å². The molecule has 0 radical (unpaired) electrons. The van der Waals surface area contributed by atoms with Crippen molar-refractivity contribution in [3.05, 3.63) is 42.0 Å². The van der Waals surface area contributed by atoms with E-state index in [1.54, 1.807) is 14.1 Å². The predicted molar refractivity (Wildman–Crippen MR) is 122 cm³/mol. The number of aliphatic imine (C=N–C) groups is 1. The Bertz CT molecular complexity index is 749. The van der Waals surface area contributed by atoms with E-state index in [9.17, 15) is 9.59 Å². The summed E-state index contributed by atoms with van der Waals surface area (Å²) in [6, 6.07) is 7.57. The minimum Gasteiger partial charge on any atom is -0.444 e. The number of rotatable bonds is 8. The maximum Gasteiger partial charge on any atom is 0.412 e. The van der Waals surface area contributed by atoms with Crippen LogP contribution in [-0.4, -0.2) is 62.2 Å². The molecule has 30 heavy (non-hydrogen) atoms. The van der Waals surface area contributed by atoms with Crippen LogP contribution in [0.3, 0.4) is 0 Å². The molecule has 0 heterocycles. The van der Waals surface area contributed by atoms with Gasteiger partial charge in [-0.2, -0.15) is 0 Å². The van der Waals surface area contributed by atoms with Crippen molar-refractivity contribution >= 4 is 23.6 Å². The van der Waals surface area contributed by atoms with Gasteiger partial charge in [0, 0.05) is 32.9 Å². The lowest BCUT2D eigenvalue weighted by atomic mass is 10.1. The van der Waals surface area contributed by atoms with Gasteiger partial charge < -0.3 is 20.3 Å². The Hall–Kier alpha value is -3.03. The molecule has 8 heteroatoms. The summed E-state index contributed by atoms with van der Waals surface area (Å²) in [5, 5.41) is 9.10. The zero-order valence-corrected chi connectivity index (χ0v) is 19.0. The van der Waals surface area contributed by atoms with Gasteiger partial charge in [-0.05, 0) is 51.8 Å². The van der Waals surface area contributed by atoms with Crippen LogP contribution in [-0.2, 0) is 16.0 Å². The number of amides is 2. The molecule has 1 aromatic rings. The Morgan fingerprint density at radius 2 is 1.77 bits per heavy atom. The molecule has 0 saturated carbocycles. The quantitative estimate of drug-likeness (QED) is 0.343. The molecule has 0 saturated heterocycles. The lowest BCUT2D eigenvalue weighted by Gasteiger charge is -2.19. The molecule has 0 spiro atoms. The Morgan fingerprint density at radius 3 is 2.30 bits per heavy atom. The average molecular weight is 418 g/mol. The number of hydrogen-bond donors (Lipinski definition) is 3. The Morgan fingerprint density at radius 1 is 1.13 bits per heavy atom. The molecule has 0 aliphatic carbocycles. The third-order valence-electron chi connectivity index (χ3n) is 3.73. The third-order valence-corrected chi connectivity index (χ3v) is 3.73. The smallest absolute Gasteiger partial charge is 0.412 e. The van der Waals surface area contributed by atoms with Crippen LogP contribution in [0.25, 0.3) is 0 Å². The number of ether oxygens (including phenoxy) is 1. The molecule has 8 nitrogen and oxygen atoms in total. The van der Waals surface area contributed by atoms with Crippen molar-refractivity contribution in [2.45, 2.75) is 39.7 Å². The largest absolute Gasteiger partial charge is 0.444 e. The zero-order chi connectivity index (χ0) is 22.7. The highest BCUT2D eigenvalue weighted by Crippen LogP contribution is 2.13. The first kappa shape index (κ1) is 25.0. The second-order valence-electron chi connectivity index (χ2n) is 8.26. The molecular weight excluding hydrogens is 382 g/mol. The number of anilines is 1. The fourth-order valence-corrected chi connectivity index (χ4v) is 2.20. The first-order valence-corrected chi connectivity index (χ1v) is 9.92. The fourth-order valence-electron chi connectivity index (χ4n) is 2.20. The minimum absolute atomic E-state index is 0.0699. The van der Waals surface area contributed by atoms with Crippen LogP contribution >= 0.6 is 0 Å². The molecule has 0 aromatic heterocycles. The molecular formula is C22H35N5O3. The van der Waals surface area contributed by atoms with Crippen molar-refractivity contribution in [2.24, 2.45) is 4.99 Å². The minimum atomic E-state index is -0.537. The van der Waals surface area contributed by atoms with Crippen molar-refractivity contribution < 1.29 is 14.3 Å². The standard InChI is InChI=1S/C22H35N5O3/c1-16(2)14-24-20(25-15-19(28)27(6)7)23-13-12-17-8-10-18(11-9-17)26-21(29)30-22(3,4)5/h8-11H,1,12-15H2,2-7H3,(H,26,29)(H2,23,24,25). The number of guanidine groups is 1. The molecule has 3 N–H and O–H groups in total. The Labute approximate surface area is 179 Å². The number of likely N-dealkylation sites (N-methyl/N-ethyl adjacent to an activating group) is 1. The van der Waals surface area contributed by atoms with Gasteiger partial charge >= 0.3 is 6.09 Å². The van der Waals surface area contributed by atoms with Crippen molar-refractivity contribution in [3.8, 4) is 0 Å². The van der Waals surface area contributed by atoms with Crippen molar-refractivity contribution in [1.82, 2.24) is 15.5 Å². The number of benzene rings is 1. The van der Waals surface area contributed by atoms with Gasteiger partial charge in [-0.1, -0.05) is 24.3 Å². The molecule has 0 fully saturated rings. The summed E-state index contributed by atoms with van der Waals surface area (Å²) in [6.07, 6.45) is 0.274. The summed E-state index contributed by atoms with van der Waals surface area (Å²) in [7, 11) is 3.40. The number of hydrogen-bond acceptors (Lipinski definition) is 4. The van der Waals surface area contributed by atoms with E-state index in [-0.39, 0.29) is 12.5 Å². The number of nitrogens with zero attached hydrogens (tertiary/aromatic N) is 2. The highest BCUT2D eigenvalue weighted by atomic mass is 16.6. The van der Waals surface area contributed by atoms with E-state index in [0.717, 1.165) is 17.6 Å². The maximum absolute atomic E-state index is 11.8. The normalized spacial score (nSPS) is 11.5. The van der Waals surface area contributed by atoms with Crippen LogP contribution in [0, 0.1) is 0 Å². The van der Waals surface area contributed by atoms with Crippen molar-refractivity contribution in [2.75, 3.05) is 39.0 Å². The van der Waals surface area contributed by atoms with Gasteiger partial charge in [0.15, 0.2) is 5.96 Å². The number of carbonyl (C=O) groups is 2.